The van der Waals surface area contributed by atoms with Crippen LogP contribution in [-0.2, 0) is 9.53 Å². The minimum Gasteiger partial charge on any atom is -0.444 e. The lowest BCUT2D eigenvalue weighted by atomic mass is 10.2. The van der Waals surface area contributed by atoms with E-state index in [4.69, 9.17) is 4.74 Å². The van der Waals surface area contributed by atoms with Gasteiger partial charge in [0.1, 0.15) is 5.60 Å². The molecule has 0 heterocycles. The predicted molar refractivity (Wildman–Crippen MR) is 75.0 cm³/mol. The maximum absolute atomic E-state index is 11.5. The van der Waals surface area contributed by atoms with Gasteiger partial charge in [-0.15, -0.1) is 0 Å². The van der Waals surface area contributed by atoms with E-state index in [1.165, 1.54) is 0 Å². The van der Waals surface area contributed by atoms with Gasteiger partial charge in [-0.2, -0.15) is 0 Å². The van der Waals surface area contributed by atoms with Crippen LogP contribution in [-0.4, -0.2) is 55.2 Å². The number of ether oxygens (including phenoxy) is 1. The molecule has 0 saturated carbocycles. The molecule has 0 aromatic heterocycles. The van der Waals surface area contributed by atoms with E-state index in [1.807, 2.05) is 46.6 Å². The average molecular weight is 273 g/mol. The second-order valence-corrected chi connectivity index (χ2v) is 5.89. The van der Waals surface area contributed by atoms with E-state index in [9.17, 15) is 9.59 Å². The zero-order valence-corrected chi connectivity index (χ0v) is 12.9. The molecule has 0 aliphatic heterocycles. The van der Waals surface area contributed by atoms with Gasteiger partial charge in [0.15, 0.2) is 0 Å². The first-order chi connectivity index (χ1) is 8.60. The Labute approximate surface area is 115 Å². The first-order valence-corrected chi connectivity index (χ1v) is 6.55. The van der Waals surface area contributed by atoms with Crippen molar-refractivity contribution in [2.45, 2.75) is 46.3 Å². The van der Waals surface area contributed by atoms with Gasteiger partial charge in [0.25, 0.3) is 0 Å². The zero-order chi connectivity index (χ0) is 15.1. The van der Waals surface area contributed by atoms with Crippen molar-refractivity contribution in [3.63, 3.8) is 0 Å². The van der Waals surface area contributed by atoms with Crippen molar-refractivity contribution in [3.05, 3.63) is 0 Å². The summed E-state index contributed by atoms with van der Waals surface area (Å²) in [5, 5.41) is 5.46. The Kier molecular flexibility index (Phi) is 7.44. The van der Waals surface area contributed by atoms with Gasteiger partial charge in [0.05, 0.1) is 6.54 Å². The fraction of sp³-hybridized carbons (Fsp3) is 0.846. The van der Waals surface area contributed by atoms with Crippen LogP contribution in [0, 0.1) is 0 Å². The number of carbonyl (C=O) groups excluding carboxylic acids is 2. The lowest BCUT2D eigenvalue weighted by Crippen LogP contribution is -2.42. The summed E-state index contributed by atoms with van der Waals surface area (Å²) in [6.07, 6.45) is -0.437. The molecule has 6 heteroatoms. The van der Waals surface area contributed by atoms with E-state index >= 15 is 0 Å². The van der Waals surface area contributed by atoms with E-state index in [0.717, 1.165) is 0 Å². The number of hydrogen-bond donors (Lipinski definition) is 2. The fourth-order valence-electron chi connectivity index (χ4n) is 1.35. The summed E-state index contributed by atoms with van der Waals surface area (Å²) in [7, 11) is 1.83. The third kappa shape index (κ3) is 11.5. The molecule has 0 unspecified atom stereocenters. The smallest absolute Gasteiger partial charge is 0.407 e. The highest BCUT2D eigenvalue weighted by Gasteiger charge is 2.15. The van der Waals surface area contributed by atoms with E-state index in [1.54, 1.807) is 0 Å². The molecule has 0 aliphatic rings. The normalized spacial score (nSPS) is 11.6. The predicted octanol–water partition coefficient (Wildman–Crippen LogP) is 0.968. The topological polar surface area (TPSA) is 70.7 Å². The van der Waals surface area contributed by atoms with E-state index < -0.39 is 11.7 Å². The summed E-state index contributed by atoms with van der Waals surface area (Å²) >= 11 is 0. The summed E-state index contributed by atoms with van der Waals surface area (Å²) in [4.78, 5) is 24.7. The SMILES string of the molecule is CC(C)NC(=O)CN(C)CCNC(=O)OC(C)(C)C. The molecule has 0 rings (SSSR count). The van der Waals surface area contributed by atoms with Crippen molar-refractivity contribution in [1.82, 2.24) is 15.5 Å². The summed E-state index contributed by atoms with van der Waals surface area (Å²) < 4.78 is 5.11. The van der Waals surface area contributed by atoms with Gasteiger partial charge >= 0.3 is 6.09 Å². The van der Waals surface area contributed by atoms with Gasteiger partial charge < -0.3 is 15.4 Å². The largest absolute Gasteiger partial charge is 0.444 e. The summed E-state index contributed by atoms with van der Waals surface area (Å²) in [5.74, 6) is -0.0187. The quantitative estimate of drug-likeness (QED) is 0.756. The number of rotatable bonds is 6. The molecule has 0 fully saturated rings. The van der Waals surface area contributed by atoms with Crippen molar-refractivity contribution in [3.8, 4) is 0 Å². The van der Waals surface area contributed by atoms with Gasteiger partial charge in [0, 0.05) is 19.1 Å². The Balaban J connectivity index is 3.77. The second-order valence-electron chi connectivity index (χ2n) is 5.89. The Morgan fingerprint density at radius 2 is 1.84 bits per heavy atom. The van der Waals surface area contributed by atoms with Gasteiger partial charge in [-0.3, -0.25) is 9.69 Å². The molecular weight excluding hydrogens is 246 g/mol. The van der Waals surface area contributed by atoms with Gasteiger partial charge in [-0.1, -0.05) is 0 Å². The first kappa shape index (κ1) is 17.7. The minimum atomic E-state index is -0.493. The third-order valence-corrected chi connectivity index (χ3v) is 2.02. The maximum Gasteiger partial charge on any atom is 0.407 e. The highest BCUT2D eigenvalue weighted by molar-refractivity contribution is 5.78. The Morgan fingerprint density at radius 3 is 2.32 bits per heavy atom. The molecule has 0 saturated heterocycles. The standard InChI is InChI=1S/C13H27N3O3/c1-10(2)15-11(17)9-16(6)8-7-14-12(18)19-13(3,4)5/h10H,7-9H2,1-6H3,(H,14,18)(H,15,17). The van der Waals surface area contributed by atoms with Crippen LogP contribution in [0.3, 0.4) is 0 Å². The number of nitrogens with one attached hydrogen (secondary N) is 2. The van der Waals surface area contributed by atoms with Crippen LogP contribution in [0.5, 0.6) is 0 Å². The molecule has 0 spiro atoms. The Morgan fingerprint density at radius 1 is 1.26 bits per heavy atom. The van der Waals surface area contributed by atoms with E-state index in [2.05, 4.69) is 10.6 Å². The number of amides is 2. The number of carbonyl (C=O) groups is 2. The second kappa shape index (κ2) is 7.99. The molecular formula is C13H27N3O3. The average Bonchev–Trinajstić information content (AvgIpc) is 2.12. The molecule has 0 atom stereocenters. The summed E-state index contributed by atoms with van der Waals surface area (Å²) in [6.45, 7) is 10.6. The Hall–Kier alpha value is -1.30. The summed E-state index contributed by atoms with van der Waals surface area (Å²) in [5.41, 5.74) is -0.493. The molecule has 0 aliphatic carbocycles. The van der Waals surface area contributed by atoms with Crippen LogP contribution in [0.15, 0.2) is 0 Å². The highest BCUT2D eigenvalue weighted by Crippen LogP contribution is 2.06. The number of alkyl carbamates (subject to hydrolysis) is 1. The van der Waals surface area contributed by atoms with Crippen molar-refractivity contribution in [2.75, 3.05) is 26.7 Å². The molecule has 19 heavy (non-hydrogen) atoms. The van der Waals surface area contributed by atoms with Crippen LogP contribution >= 0.6 is 0 Å². The van der Waals surface area contributed by atoms with Crippen molar-refractivity contribution in [1.29, 1.82) is 0 Å². The lowest BCUT2D eigenvalue weighted by molar-refractivity contribution is -0.122. The maximum atomic E-state index is 11.5. The van der Waals surface area contributed by atoms with Crippen molar-refractivity contribution >= 4 is 12.0 Å². The first-order valence-electron chi connectivity index (χ1n) is 6.55. The number of likely N-dealkylation sites (N-methyl/N-ethyl adjacent to an activating group) is 1. The third-order valence-electron chi connectivity index (χ3n) is 2.02. The molecule has 0 aromatic carbocycles. The monoisotopic (exact) mass is 273 g/mol. The van der Waals surface area contributed by atoms with Crippen LogP contribution in [0.4, 0.5) is 4.79 Å². The fourth-order valence-corrected chi connectivity index (χ4v) is 1.35. The van der Waals surface area contributed by atoms with Crippen LogP contribution < -0.4 is 10.6 Å². The van der Waals surface area contributed by atoms with Crippen LogP contribution in [0.25, 0.3) is 0 Å². The minimum absolute atomic E-state index is 0.0187. The highest BCUT2D eigenvalue weighted by atomic mass is 16.6. The molecule has 0 bridgehead atoms. The summed E-state index contributed by atoms with van der Waals surface area (Å²) in [6, 6.07) is 0.140. The lowest BCUT2D eigenvalue weighted by Gasteiger charge is -2.21. The van der Waals surface area contributed by atoms with Gasteiger partial charge in [0.2, 0.25) is 5.91 Å². The molecule has 0 radical (unpaired) electrons. The molecule has 2 amide bonds. The van der Waals surface area contributed by atoms with Crippen LogP contribution in [0.2, 0.25) is 0 Å². The van der Waals surface area contributed by atoms with E-state index in [-0.39, 0.29) is 11.9 Å². The number of hydrogen-bond acceptors (Lipinski definition) is 4. The van der Waals surface area contributed by atoms with E-state index in [0.29, 0.717) is 19.6 Å². The molecule has 6 nitrogen and oxygen atoms in total. The van der Waals surface area contributed by atoms with Gasteiger partial charge in [-0.05, 0) is 41.7 Å². The van der Waals surface area contributed by atoms with Crippen molar-refractivity contribution < 1.29 is 14.3 Å². The zero-order valence-electron chi connectivity index (χ0n) is 12.9. The molecule has 2 N–H and O–H groups in total. The molecule has 112 valence electrons. The number of nitrogens with zero attached hydrogens (tertiary/aromatic N) is 1. The van der Waals surface area contributed by atoms with Crippen molar-refractivity contribution in [2.24, 2.45) is 0 Å². The van der Waals surface area contributed by atoms with Crippen LogP contribution in [0.1, 0.15) is 34.6 Å². The molecule has 0 aromatic rings. The Bertz CT molecular complexity index is 298. The van der Waals surface area contributed by atoms with Gasteiger partial charge in [-0.25, -0.2) is 4.79 Å².